The summed E-state index contributed by atoms with van der Waals surface area (Å²) in [6.07, 6.45) is 0. The Morgan fingerprint density at radius 2 is 2.04 bits per heavy atom. The molecule has 0 aliphatic carbocycles. The maximum atomic E-state index is 12.3. The normalized spacial score (nSPS) is 15.0. The largest absolute Gasteiger partial charge is 0.467 e. The molecular weight excluding hydrogens is 394 g/mol. The van der Waals surface area contributed by atoms with E-state index in [1.165, 1.54) is 7.11 Å². The Bertz CT molecular complexity index is 890. The van der Waals surface area contributed by atoms with Crippen LogP contribution in [0.1, 0.15) is 11.4 Å². The molecule has 1 aromatic carbocycles. The Morgan fingerprint density at radius 1 is 1.26 bits per heavy atom. The first kappa shape index (κ1) is 19.7. The zero-order chi connectivity index (χ0) is 19.3. The number of rotatable bonds is 7. The minimum atomic E-state index is -3.59. The van der Waals surface area contributed by atoms with Crippen LogP contribution in [0.4, 0.5) is 5.95 Å². The average Bonchev–Trinajstić information content (AvgIpc) is 2.66. The van der Waals surface area contributed by atoms with E-state index in [1.54, 1.807) is 24.3 Å². The lowest BCUT2D eigenvalue weighted by Crippen LogP contribution is -2.37. The molecule has 0 radical (unpaired) electrons. The van der Waals surface area contributed by atoms with Gasteiger partial charge in [0.2, 0.25) is 16.0 Å². The van der Waals surface area contributed by atoms with Gasteiger partial charge in [0.05, 0.1) is 32.6 Å². The number of benzene rings is 1. The second kappa shape index (κ2) is 8.79. The SMILES string of the molecule is COc1nc(CNS(=O)(=O)Cc2cccc(Cl)c2)nc(N2CCOCC2)n1. The molecule has 0 saturated carbocycles. The van der Waals surface area contributed by atoms with Crippen LogP contribution in [0.2, 0.25) is 5.02 Å². The van der Waals surface area contributed by atoms with Crippen LogP contribution in [0.3, 0.4) is 0 Å². The number of hydrogen-bond donors (Lipinski definition) is 1. The molecule has 1 aliphatic rings. The molecule has 9 nitrogen and oxygen atoms in total. The van der Waals surface area contributed by atoms with E-state index in [4.69, 9.17) is 21.1 Å². The highest BCUT2D eigenvalue weighted by atomic mass is 35.5. The van der Waals surface area contributed by atoms with E-state index in [0.717, 1.165) is 0 Å². The molecular formula is C16H20ClN5O4S. The highest BCUT2D eigenvalue weighted by Gasteiger charge is 2.18. The fraction of sp³-hybridized carbons (Fsp3) is 0.438. The van der Waals surface area contributed by atoms with Crippen molar-refractivity contribution in [2.75, 3.05) is 38.3 Å². The minimum Gasteiger partial charge on any atom is -0.467 e. The summed E-state index contributed by atoms with van der Waals surface area (Å²) in [4.78, 5) is 14.6. The number of hydrogen-bond acceptors (Lipinski definition) is 8. The topological polar surface area (TPSA) is 107 Å². The van der Waals surface area contributed by atoms with Crippen LogP contribution in [0.5, 0.6) is 6.01 Å². The van der Waals surface area contributed by atoms with Gasteiger partial charge in [-0.15, -0.1) is 0 Å². The van der Waals surface area contributed by atoms with Gasteiger partial charge in [-0.3, -0.25) is 0 Å². The van der Waals surface area contributed by atoms with Gasteiger partial charge in [-0.2, -0.15) is 15.0 Å². The zero-order valence-corrected chi connectivity index (χ0v) is 16.3. The average molecular weight is 414 g/mol. The van der Waals surface area contributed by atoms with E-state index in [1.807, 2.05) is 4.90 Å². The molecule has 0 atom stereocenters. The van der Waals surface area contributed by atoms with Crippen molar-refractivity contribution < 1.29 is 17.9 Å². The molecule has 11 heteroatoms. The van der Waals surface area contributed by atoms with Gasteiger partial charge in [0.25, 0.3) is 0 Å². The van der Waals surface area contributed by atoms with Crippen molar-refractivity contribution in [1.29, 1.82) is 0 Å². The number of ether oxygens (including phenoxy) is 2. The quantitative estimate of drug-likeness (QED) is 0.716. The highest BCUT2D eigenvalue weighted by molar-refractivity contribution is 7.88. The smallest absolute Gasteiger partial charge is 0.321 e. The summed E-state index contributed by atoms with van der Waals surface area (Å²) in [7, 11) is -2.14. The molecule has 0 unspecified atom stereocenters. The number of morpholine rings is 1. The number of nitrogens with zero attached hydrogens (tertiary/aromatic N) is 4. The number of halogens is 1. The lowest BCUT2D eigenvalue weighted by Gasteiger charge is -2.26. The van der Waals surface area contributed by atoms with Crippen LogP contribution in [-0.4, -0.2) is 56.8 Å². The third-order valence-corrected chi connectivity index (χ3v) is 5.35. The molecule has 1 aromatic heterocycles. The van der Waals surface area contributed by atoms with Crippen molar-refractivity contribution in [1.82, 2.24) is 19.7 Å². The van der Waals surface area contributed by atoms with Gasteiger partial charge < -0.3 is 14.4 Å². The van der Waals surface area contributed by atoms with Crippen molar-refractivity contribution in [2.24, 2.45) is 0 Å². The molecule has 146 valence electrons. The predicted octanol–water partition coefficient (Wildman–Crippen LogP) is 0.990. The van der Waals surface area contributed by atoms with Crippen LogP contribution in [0, 0.1) is 0 Å². The standard InChI is InChI=1S/C16H20ClN5O4S/c1-25-16-20-14(19-15(21-16)22-5-7-26-8-6-22)10-18-27(23,24)11-12-3-2-4-13(17)9-12/h2-4,9,18H,5-8,10-11H2,1H3. The van der Waals surface area contributed by atoms with Crippen molar-refractivity contribution >= 4 is 27.6 Å². The van der Waals surface area contributed by atoms with Crippen molar-refractivity contribution in [3.05, 3.63) is 40.7 Å². The van der Waals surface area contributed by atoms with E-state index < -0.39 is 10.0 Å². The number of nitrogens with one attached hydrogen (secondary N) is 1. The fourth-order valence-corrected chi connectivity index (χ4v) is 3.82. The minimum absolute atomic E-state index is 0.0703. The highest BCUT2D eigenvalue weighted by Crippen LogP contribution is 2.15. The van der Waals surface area contributed by atoms with E-state index in [0.29, 0.717) is 42.8 Å². The molecule has 0 bridgehead atoms. The van der Waals surface area contributed by atoms with E-state index >= 15 is 0 Å². The van der Waals surface area contributed by atoms with E-state index in [9.17, 15) is 8.42 Å². The molecule has 1 fully saturated rings. The molecule has 1 saturated heterocycles. The van der Waals surface area contributed by atoms with Crippen molar-refractivity contribution in [3.8, 4) is 6.01 Å². The molecule has 3 rings (SSSR count). The third-order valence-electron chi connectivity index (χ3n) is 3.82. The van der Waals surface area contributed by atoms with Gasteiger partial charge in [-0.25, -0.2) is 13.1 Å². The predicted molar refractivity (Wildman–Crippen MR) is 100 cm³/mol. The Hall–Kier alpha value is -2.01. The Labute approximate surface area is 162 Å². The molecule has 0 amide bonds. The maximum Gasteiger partial charge on any atom is 0.321 e. The summed E-state index contributed by atoms with van der Waals surface area (Å²) in [6.45, 7) is 2.38. The lowest BCUT2D eigenvalue weighted by atomic mass is 10.2. The number of sulfonamides is 1. The monoisotopic (exact) mass is 413 g/mol. The molecule has 0 spiro atoms. The van der Waals surface area contributed by atoms with Gasteiger partial charge in [-0.05, 0) is 17.7 Å². The summed E-state index contributed by atoms with van der Waals surface area (Å²) >= 11 is 5.90. The van der Waals surface area contributed by atoms with Crippen LogP contribution in [0.25, 0.3) is 0 Å². The number of methoxy groups -OCH3 is 1. The van der Waals surface area contributed by atoms with Crippen molar-refractivity contribution in [2.45, 2.75) is 12.3 Å². The van der Waals surface area contributed by atoms with Crippen LogP contribution in [-0.2, 0) is 27.1 Å². The summed E-state index contributed by atoms with van der Waals surface area (Å²) in [6, 6.07) is 6.85. The van der Waals surface area contributed by atoms with Gasteiger partial charge in [0.15, 0.2) is 5.82 Å². The molecule has 27 heavy (non-hydrogen) atoms. The molecule has 1 aliphatic heterocycles. The maximum absolute atomic E-state index is 12.3. The zero-order valence-electron chi connectivity index (χ0n) is 14.8. The molecule has 2 heterocycles. The Morgan fingerprint density at radius 3 is 2.74 bits per heavy atom. The Kier molecular flexibility index (Phi) is 6.42. The Balaban J connectivity index is 1.70. The molecule has 2 aromatic rings. The summed E-state index contributed by atoms with van der Waals surface area (Å²) < 4.78 is 37.6. The van der Waals surface area contributed by atoms with Gasteiger partial charge >= 0.3 is 6.01 Å². The van der Waals surface area contributed by atoms with Gasteiger partial charge in [0.1, 0.15) is 0 Å². The van der Waals surface area contributed by atoms with Crippen molar-refractivity contribution in [3.63, 3.8) is 0 Å². The summed E-state index contributed by atoms with van der Waals surface area (Å²) in [5.74, 6) is 0.527. The second-order valence-electron chi connectivity index (χ2n) is 5.85. The second-order valence-corrected chi connectivity index (χ2v) is 8.09. The lowest BCUT2D eigenvalue weighted by molar-refractivity contribution is 0.122. The summed E-state index contributed by atoms with van der Waals surface area (Å²) in [5.41, 5.74) is 0.595. The van der Waals surface area contributed by atoms with Gasteiger partial charge in [-0.1, -0.05) is 23.7 Å². The van der Waals surface area contributed by atoms with Crippen LogP contribution < -0.4 is 14.4 Å². The van der Waals surface area contributed by atoms with E-state index in [2.05, 4.69) is 19.7 Å². The summed E-state index contributed by atoms with van der Waals surface area (Å²) in [5, 5.41) is 0.486. The first-order valence-corrected chi connectivity index (χ1v) is 10.3. The van der Waals surface area contributed by atoms with Crippen LogP contribution in [0.15, 0.2) is 24.3 Å². The van der Waals surface area contributed by atoms with Gasteiger partial charge in [0, 0.05) is 18.1 Å². The fourth-order valence-electron chi connectivity index (χ4n) is 2.53. The van der Waals surface area contributed by atoms with Crippen LogP contribution >= 0.6 is 11.6 Å². The molecule has 1 N–H and O–H groups in total. The number of aromatic nitrogens is 3. The first-order chi connectivity index (χ1) is 12.9. The van der Waals surface area contributed by atoms with E-state index in [-0.39, 0.29) is 24.1 Å². The third kappa shape index (κ3) is 5.73. The number of anilines is 1. The first-order valence-electron chi connectivity index (χ1n) is 8.28.